The zero-order valence-electron chi connectivity index (χ0n) is 22.5. The Hall–Kier alpha value is -0.790. The molecule has 1 heterocycles. The minimum atomic E-state index is 1.22. The molecule has 0 bridgehead atoms. The zero-order chi connectivity index (χ0) is 23.1. The third kappa shape index (κ3) is 15.1. The smallest absolute Gasteiger partial charge is 0.234 e. The van der Waals surface area contributed by atoms with Crippen molar-refractivity contribution < 1.29 is 4.57 Å². The summed E-state index contributed by atoms with van der Waals surface area (Å²) in [5.74, 6) is 1.59. The van der Waals surface area contributed by atoms with E-state index in [1.807, 2.05) is 0 Å². The summed E-state index contributed by atoms with van der Waals surface area (Å²) in [5.41, 5.74) is 0. The van der Waals surface area contributed by atoms with Crippen molar-refractivity contribution in [2.24, 2.45) is 0 Å². The molecular formula is C30H59N2+. The molecule has 0 saturated heterocycles. The Bertz CT molecular complexity index is 505. The summed E-state index contributed by atoms with van der Waals surface area (Å²) >= 11 is 0. The maximum atomic E-state index is 2.58. The second-order valence-corrected chi connectivity index (χ2v) is 10.2. The summed E-state index contributed by atoms with van der Waals surface area (Å²) in [7, 11) is 0. The quantitative estimate of drug-likeness (QED) is 0.110. The highest BCUT2D eigenvalue weighted by molar-refractivity contribution is 4.84. The first-order chi connectivity index (χ1) is 15.8. The van der Waals surface area contributed by atoms with Gasteiger partial charge in [0.25, 0.3) is 5.82 Å². The summed E-state index contributed by atoms with van der Waals surface area (Å²) in [6.07, 6.45) is 35.6. The Labute approximate surface area is 202 Å². The summed E-state index contributed by atoms with van der Waals surface area (Å²) in [6.45, 7) is 9.36. The van der Waals surface area contributed by atoms with Crippen LogP contribution in [0.1, 0.15) is 161 Å². The summed E-state index contributed by atoms with van der Waals surface area (Å²) < 4.78 is 5.14. The minimum Gasteiger partial charge on any atom is -0.234 e. The molecule has 0 amide bonds. The van der Waals surface area contributed by atoms with Crippen LogP contribution >= 0.6 is 0 Å². The molecule has 0 radical (unpaired) electrons. The van der Waals surface area contributed by atoms with Crippen molar-refractivity contribution in [1.29, 1.82) is 0 Å². The van der Waals surface area contributed by atoms with Gasteiger partial charge in [0.2, 0.25) is 0 Å². The van der Waals surface area contributed by atoms with Gasteiger partial charge in [-0.1, -0.05) is 124 Å². The van der Waals surface area contributed by atoms with Gasteiger partial charge in [-0.15, -0.1) is 0 Å². The van der Waals surface area contributed by atoms with E-state index < -0.39 is 0 Å². The molecule has 0 saturated carbocycles. The molecule has 0 fully saturated rings. The topological polar surface area (TPSA) is 8.81 Å². The van der Waals surface area contributed by atoms with Gasteiger partial charge in [0, 0.05) is 6.42 Å². The van der Waals surface area contributed by atoms with E-state index in [9.17, 15) is 0 Å². The number of imidazole rings is 1. The van der Waals surface area contributed by atoms with E-state index in [4.69, 9.17) is 0 Å². The average Bonchev–Trinajstić information content (AvgIpc) is 3.18. The van der Waals surface area contributed by atoms with E-state index in [0.29, 0.717) is 0 Å². The molecule has 1 rings (SSSR count). The third-order valence-corrected chi connectivity index (χ3v) is 7.10. The molecule has 1 aromatic rings. The second-order valence-electron chi connectivity index (χ2n) is 10.2. The van der Waals surface area contributed by atoms with Gasteiger partial charge in [0.05, 0.1) is 13.1 Å². The number of unbranched alkanes of at least 4 members (excludes halogenated alkanes) is 18. The Morgan fingerprint density at radius 2 is 0.969 bits per heavy atom. The van der Waals surface area contributed by atoms with Gasteiger partial charge in [0.1, 0.15) is 12.4 Å². The van der Waals surface area contributed by atoms with Crippen LogP contribution in [0.4, 0.5) is 0 Å². The third-order valence-electron chi connectivity index (χ3n) is 7.10. The highest BCUT2D eigenvalue weighted by Gasteiger charge is 2.16. The zero-order valence-corrected chi connectivity index (χ0v) is 22.5. The Kier molecular flexibility index (Phi) is 20.1. The van der Waals surface area contributed by atoms with E-state index in [-0.39, 0.29) is 0 Å². The van der Waals surface area contributed by atoms with Gasteiger partial charge in [-0.05, 0) is 32.1 Å². The molecule has 1 aromatic heterocycles. The van der Waals surface area contributed by atoms with Crippen LogP contribution in [0.15, 0.2) is 12.4 Å². The number of hydrogen-bond acceptors (Lipinski definition) is 0. The van der Waals surface area contributed by atoms with Crippen molar-refractivity contribution in [2.75, 3.05) is 0 Å². The van der Waals surface area contributed by atoms with Crippen molar-refractivity contribution in [3.05, 3.63) is 18.2 Å². The molecule has 0 aliphatic rings. The van der Waals surface area contributed by atoms with Gasteiger partial charge in [-0.25, -0.2) is 9.13 Å². The first-order valence-electron chi connectivity index (χ1n) is 14.9. The molecule has 2 nitrogen and oxygen atoms in total. The van der Waals surface area contributed by atoms with Crippen molar-refractivity contribution in [1.82, 2.24) is 4.57 Å². The molecular weight excluding hydrogens is 388 g/mol. The highest BCUT2D eigenvalue weighted by Crippen LogP contribution is 2.13. The summed E-state index contributed by atoms with van der Waals surface area (Å²) in [5, 5.41) is 0. The first-order valence-corrected chi connectivity index (χ1v) is 14.9. The molecule has 0 atom stereocenters. The normalized spacial score (nSPS) is 11.5. The predicted octanol–water partition coefficient (Wildman–Crippen LogP) is 9.57. The highest BCUT2D eigenvalue weighted by atomic mass is 15.1. The molecule has 0 unspecified atom stereocenters. The average molecular weight is 448 g/mol. The van der Waals surface area contributed by atoms with Crippen molar-refractivity contribution in [3.63, 3.8) is 0 Å². The van der Waals surface area contributed by atoms with Crippen LogP contribution in [0, 0.1) is 0 Å². The van der Waals surface area contributed by atoms with Crippen molar-refractivity contribution in [3.8, 4) is 0 Å². The minimum absolute atomic E-state index is 1.22. The van der Waals surface area contributed by atoms with Gasteiger partial charge < -0.3 is 0 Å². The lowest BCUT2D eigenvalue weighted by Gasteiger charge is -2.06. The fourth-order valence-corrected chi connectivity index (χ4v) is 4.91. The maximum Gasteiger partial charge on any atom is 0.256 e. The van der Waals surface area contributed by atoms with E-state index in [2.05, 4.69) is 42.3 Å². The molecule has 32 heavy (non-hydrogen) atoms. The molecule has 0 N–H and O–H groups in total. The SMILES string of the molecule is CCCCCCCCCCCCCCCC[n+]1ccn(CCCCCC)c1CCCCC. The fourth-order valence-electron chi connectivity index (χ4n) is 4.91. The number of aryl methyl sites for hydroxylation is 2. The van der Waals surface area contributed by atoms with Crippen LogP contribution < -0.4 is 4.57 Å². The predicted molar refractivity (Wildman–Crippen MR) is 142 cm³/mol. The maximum absolute atomic E-state index is 2.58. The first kappa shape index (κ1) is 29.2. The van der Waals surface area contributed by atoms with Crippen LogP contribution in [0.5, 0.6) is 0 Å². The Balaban J connectivity index is 2.13. The molecule has 0 aliphatic carbocycles. The molecule has 2 heteroatoms. The Morgan fingerprint density at radius 3 is 1.50 bits per heavy atom. The van der Waals surface area contributed by atoms with Crippen LogP contribution in [0.25, 0.3) is 0 Å². The lowest BCUT2D eigenvalue weighted by atomic mass is 10.0. The van der Waals surface area contributed by atoms with Crippen molar-refractivity contribution in [2.45, 2.75) is 175 Å². The van der Waals surface area contributed by atoms with Crippen LogP contribution in [0.3, 0.4) is 0 Å². The molecule has 0 aromatic carbocycles. The summed E-state index contributed by atoms with van der Waals surface area (Å²) in [4.78, 5) is 0. The standard InChI is InChI=1S/C30H59N2/c1-4-7-10-12-13-14-15-16-17-18-19-20-21-24-27-32-29-28-31(26-23-11-8-5-2)30(32)25-22-9-6-3/h28-29H,4-27H2,1-3H3/q+1. The number of nitrogens with zero attached hydrogens (tertiary/aromatic N) is 2. The van der Waals surface area contributed by atoms with Crippen LogP contribution in [0.2, 0.25) is 0 Å². The van der Waals surface area contributed by atoms with Crippen molar-refractivity contribution >= 4 is 0 Å². The van der Waals surface area contributed by atoms with Crippen LogP contribution in [-0.4, -0.2) is 4.57 Å². The molecule has 0 spiro atoms. The lowest BCUT2D eigenvalue weighted by molar-refractivity contribution is -0.704. The fraction of sp³-hybridized carbons (Fsp3) is 0.900. The van der Waals surface area contributed by atoms with Gasteiger partial charge in [-0.3, -0.25) is 0 Å². The van der Waals surface area contributed by atoms with Gasteiger partial charge >= 0.3 is 0 Å². The number of hydrogen-bond donors (Lipinski definition) is 0. The summed E-state index contributed by atoms with van der Waals surface area (Å²) in [6, 6.07) is 0. The van der Waals surface area contributed by atoms with E-state index in [1.54, 1.807) is 5.82 Å². The second kappa shape index (κ2) is 22.0. The largest absolute Gasteiger partial charge is 0.256 e. The Morgan fingerprint density at radius 1 is 0.531 bits per heavy atom. The molecule has 0 aliphatic heterocycles. The monoisotopic (exact) mass is 447 g/mol. The van der Waals surface area contributed by atoms with Crippen LogP contribution in [-0.2, 0) is 19.5 Å². The molecule has 188 valence electrons. The van der Waals surface area contributed by atoms with E-state index in [1.165, 1.54) is 154 Å². The van der Waals surface area contributed by atoms with Gasteiger partial charge in [0.15, 0.2) is 0 Å². The number of rotatable bonds is 24. The number of aromatic nitrogens is 2. The van der Waals surface area contributed by atoms with Gasteiger partial charge in [-0.2, -0.15) is 0 Å². The van der Waals surface area contributed by atoms with E-state index >= 15 is 0 Å². The van der Waals surface area contributed by atoms with E-state index in [0.717, 1.165) is 0 Å². The lowest BCUT2D eigenvalue weighted by Crippen LogP contribution is -2.37.